The van der Waals surface area contributed by atoms with Gasteiger partial charge in [0.05, 0.1) is 12.7 Å². The van der Waals surface area contributed by atoms with E-state index in [0.717, 1.165) is 18.7 Å². The zero-order chi connectivity index (χ0) is 17.6. The zero-order valence-electron chi connectivity index (χ0n) is 14.8. The summed E-state index contributed by atoms with van der Waals surface area (Å²) in [6, 6.07) is 4.22. The average molecular weight is 350 g/mol. The lowest BCUT2D eigenvalue weighted by Gasteiger charge is -2.21. The van der Waals surface area contributed by atoms with E-state index in [4.69, 9.17) is 0 Å². The molecule has 3 N–H and O–H groups in total. The molecule has 0 aliphatic rings. The van der Waals surface area contributed by atoms with Crippen molar-refractivity contribution in [2.24, 2.45) is 12.0 Å². The van der Waals surface area contributed by atoms with E-state index >= 15 is 0 Å². The number of aryl methyl sites for hydroxylation is 1. The summed E-state index contributed by atoms with van der Waals surface area (Å²) in [5.74, 6) is 1.12. The van der Waals surface area contributed by atoms with Crippen molar-refractivity contribution in [2.75, 3.05) is 19.6 Å². The van der Waals surface area contributed by atoms with Crippen LogP contribution in [0.15, 0.2) is 34.9 Å². The molecule has 0 bridgehead atoms. The highest BCUT2D eigenvalue weighted by Crippen LogP contribution is 2.21. The fourth-order valence-corrected chi connectivity index (χ4v) is 3.07. The van der Waals surface area contributed by atoms with Crippen LogP contribution in [0, 0.1) is 0 Å². The molecule has 0 aliphatic heterocycles. The fourth-order valence-electron chi connectivity index (χ4n) is 2.29. The van der Waals surface area contributed by atoms with E-state index in [-0.39, 0.29) is 6.54 Å². The summed E-state index contributed by atoms with van der Waals surface area (Å²) in [6.45, 7) is 7.80. The Kier molecular flexibility index (Phi) is 6.39. The predicted molar refractivity (Wildman–Crippen MR) is 99.5 cm³/mol. The van der Waals surface area contributed by atoms with Crippen molar-refractivity contribution in [1.82, 2.24) is 20.4 Å². The minimum Gasteiger partial charge on any atom is -0.383 e. The molecule has 0 radical (unpaired) electrons. The van der Waals surface area contributed by atoms with Gasteiger partial charge in [-0.15, -0.1) is 11.3 Å². The second kappa shape index (κ2) is 8.30. The molecule has 2 rings (SSSR count). The Labute approximate surface area is 147 Å². The molecule has 132 valence electrons. The third-order valence-corrected chi connectivity index (χ3v) is 4.92. The van der Waals surface area contributed by atoms with E-state index in [9.17, 15) is 5.11 Å². The van der Waals surface area contributed by atoms with Gasteiger partial charge < -0.3 is 15.7 Å². The van der Waals surface area contributed by atoms with Gasteiger partial charge >= 0.3 is 0 Å². The first-order valence-electron chi connectivity index (χ1n) is 8.19. The van der Waals surface area contributed by atoms with Crippen molar-refractivity contribution >= 4 is 17.3 Å². The van der Waals surface area contributed by atoms with Crippen LogP contribution in [0.2, 0.25) is 0 Å². The van der Waals surface area contributed by atoms with Crippen LogP contribution in [0.4, 0.5) is 0 Å². The molecule has 2 unspecified atom stereocenters. The van der Waals surface area contributed by atoms with Gasteiger partial charge in [-0.1, -0.05) is 13.0 Å². The molecule has 0 amide bonds. The monoisotopic (exact) mass is 349 g/mol. The summed E-state index contributed by atoms with van der Waals surface area (Å²) in [6.07, 6.45) is 3.49. The van der Waals surface area contributed by atoms with E-state index in [2.05, 4.69) is 45.2 Å². The molecule has 2 aromatic heterocycles. The number of hydrogen-bond donors (Lipinski definition) is 3. The van der Waals surface area contributed by atoms with Gasteiger partial charge in [-0.2, -0.15) is 5.10 Å². The Morgan fingerprint density at radius 2 is 2.29 bits per heavy atom. The zero-order valence-corrected chi connectivity index (χ0v) is 15.6. The van der Waals surface area contributed by atoms with Crippen LogP contribution >= 0.6 is 11.3 Å². The number of aromatic nitrogens is 2. The SMILES string of the molecule is CCNC(=NCC(C)(O)c1cnn(C)c1)NCC(C)c1cccs1. The molecule has 0 saturated carbocycles. The number of nitrogens with one attached hydrogen (secondary N) is 2. The highest BCUT2D eigenvalue weighted by Gasteiger charge is 2.24. The van der Waals surface area contributed by atoms with E-state index in [0.29, 0.717) is 11.9 Å². The van der Waals surface area contributed by atoms with Crippen LogP contribution in [-0.4, -0.2) is 40.5 Å². The van der Waals surface area contributed by atoms with Gasteiger partial charge in [0.2, 0.25) is 0 Å². The van der Waals surface area contributed by atoms with Crippen molar-refractivity contribution in [3.05, 3.63) is 40.3 Å². The minimum atomic E-state index is -1.05. The molecule has 0 saturated heterocycles. The van der Waals surface area contributed by atoms with Crippen LogP contribution < -0.4 is 10.6 Å². The van der Waals surface area contributed by atoms with Crippen molar-refractivity contribution in [1.29, 1.82) is 0 Å². The molecule has 2 heterocycles. The first-order chi connectivity index (χ1) is 11.4. The fraction of sp³-hybridized carbons (Fsp3) is 0.529. The number of thiophene rings is 1. The number of nitrogens with zero attached hydrogens (tertiary/aromatic N) is 3. The second-order valence-electron chi connectivity index (χ2n) is 6.17. The number of guanidine groups is 1. The molecule has 24 heavy (non-hydrogen) atoms. The van der Waals surface area contributed by atoms with E-state index in [1.807, 2.05) is 20.2 Å². The maximum absolute atomic E-state index is 10.6. The van der Waals surface area contributed by atoms with Crippen LogP contribution in [0.3, 0.4) is 0 Å². The van der Waals surface area contributed by atoms with Gasteiger partial charge in [-0.25, -0.2) is 4.99 Å². The molecule has 0 aromatic carbocycles. The first-order valence-corrected chi connectivity index (χ1v) is 9.07. The molecule has 7 heteroatoms. The largest absolute Gasteiger partial charge is 0.383 e. The Morgan fingerprint density at radius 1 is 1.50 bits per heavy atom. The summed E-state index contributed by atoms with van der Waals surface area (Å²) in [5.41, 5.74) is -0.285. The molecule has 0 aliphatic carbocycles. The maximum Gasteiger partial charge on any atom is 0.191 e. The van der Waals surface area contributed by atoms with E-state index in [1.165, 1.54) is 4.88 Å². The molecular weight excluding hydrogens is 322 g/mol. The topological polar surface area (TPSA) is 74.5 Å². The third-order valence-electron chi connectivity index (χ3n) is 3.82. The third kappa shape index (κ3) is 5.07. The lowest BCUT2D eigenvalue weighted by atomic mass is 10.0. The van der Waals surface area contributed by atoms with Crippen molar-refractivity contribution < 1.29 is 5.11 Å². The summed E-state index contributed by atoms with van der Waals surface area (Å²) in [5, 5.41) is 23.4. The maximum atomic E-state index is 10.6. The number of hydrogen-bond acceptors (Lipinski definition) is 4. The van der Waals surface area contributed by atoms with Gasteiger partial charge in [0.15, 0.2) is 5.96 Å². The Balaban J connectivity index is 1.97. The van der Waals surface area contributed by atoms with Crippen LogP contribution in [0.1, 0.15) is 37.1 Å². The van der Waals surface area contributed by atoms with Crippen molar-refractivity contribution in [3.63, 3.8) is 0 Å². The van der Waals surface area contributed by atoms with E-state index < -0.39 is 5.60 Å². The standard InChI is InChI=1S/C17H27N5OS/c1-5-18-16(19-9-13(2)15-7-6-8-24-15)20-12-17(3,23)14-10-21-22(4)11-14/h6-8,10-11,13,23H,5,9,12H2,1-4H3,(H2,18,19,20). The normalized spacial score (nSPS) is 15.8. The highest BCUT2D eigenvalue weighted by molar-refractivity contribution is 7.10. The average Bonchev–Trinajstić information content (AvgIpc) is 3.21. The highest BCUT2D eigenvalue weighted by atomic mass is 32.1. The Bertz CT molecular complexity index is 648. The second-order valence-corrected chi connectivity index (χ2v) is 7.15. The summed E-state index contributed by atoms with van der Waals surface area (Å²) < 4.78 is 1.68. The van der Waals surface area contributed by atoms with Gasteiger partial charge in [0, 0.05) is 42.7 Å². The van der Waals surface area contributed by atoms with Crippen LogP contribution in [0.25, 0.3) is 0 Å². The quantitative estimate of drug-likeness (QED) is 0.528. The van der Waals surface area contributed by atoms with Gasteiger partial charge in [0.1, 0.15) is 5.60 Å². The first kappa shape index (κ1) is 18.5. The summed E-state index contributed by atoms with van der Waals surface area (Å²) in [4.78, 5) is 5.88. The van der Waals surface area contributed by atoms with Gasteiger partial charge in [0.25, 0.3) is 0 Å². The minimum absolute atomic E-state index is 0.265. The number of rotatable bonds is 7. The van der Waals surface area contributed by atoms with Gasteiger partial charge in [-0.3, -0.25) is 4.68 Å². The molecule has 0 fully saturated rings. The number of aliphatic imine (C=N–C) groups is 1. The molecular formula is C17H27N5OS. The Morgan fingerprint density at radius 3 is 2.88 bits per heavy atom. The summed E-state index contributed by atoms with van der Waals surface area (Å²) >= 11 is 1.76. The molecule has 2 atom stereocenters. The van der Waals surface area contributed by atoms with Crippen LogP contribution in [0.5, 0.6) is 0 Å². The van der Waals surface area contributed by atoms with Crippen molar-refractivity contribution in [2.45, 2.75) is 32.3 Å². The molecule has 6 nitrogen and oxygen atoms in total. The van der Waals surface area contributed by atoms with Crippen molar-refractivity contribution in [3.8, 4) is 0 Å². The van der Waals surface area contributed by atoms with E-state index in [1.54, 1.807) is 29.1 Å². The Hall–Kier alpha value is -1.86. The van der Waals surface area contributed by atoms with Gasteiger partial charge in [-0.05, 0) is 25.3 Å². The number of aliphatic hydroxyl groups is 1. The summed E-state index contributed by atoms with van der Waals surface area (Å²) in [7, 11) is 1.83. The lowest BCUT2D eigenvalue weighted by molar-refractivity contribution is 0.0672. The smallest absolute Gasteiger partial charge is 0.191 e. The molecule has 0 spiro atoms. The van der Waals surface area contributed by atoms with Crippen LogP contribution in [-0.2, 0) is 12.6 Å². The lowest BCUT2D eigenvalue weighted by Crippen LogP contribution is -2.40. The molecule has 2 aromatic rings. The predicted octanol–water partition coefficient (Wildman–Crippen LogP) is 2.05.